The van der Waals surface area contributed by atoms with E-state index in [-0.39, 0.29) is 58.6 Å². The molecule has 0 radical (unpaired) electrons. The summed E-state index contributed by atoms with van der Waals surface area (Å²) in [4.78, 5) is 49.9. The van der Waals surface area contributed by atoms with Crippen LogP contribution in [0.5, 0.6) is 0 Å². The highest BCUT2D eigenvalue weighted by molar-refractivity contribution is 7.99. The molecule has 1 aromatic heterocycles. The maximum Gasteiger partial charge on any atom is 0.417 e. The van der Waals surface area contributed by atoms with Crippen molar-refractivity contribution < 1.29 is 36.6 Å². The van der Waals surface area contributed by atoms with E-state index >= 15 is 13.2 Å². The number of hydrogen-bond acceptors (Lipinski definition) is 8. The van der Waals surface area contributed by atoms with Crippen molar-refractivity contribution in [3.63, 3.8) is 0 Å². The van der Waals surface area contributed by atoms with E-state index < -0.39 is 59.2 Å². The predicted octanol–water partition coefficient (Wildman–Crippen LogP) is 8.36. The van der Waals surface area contributed by atoms with Gasteiger partial charge in [-0.25, -0.2) is 18.8 Å². The van der Waals surface area contributed by atoms with Crippen molar-refractivity contribution >= 4 is 40.7 Å². The third-order valence-corrected chi connectivity index (χ3v) is 11.5. The van der Waals surface area contributed by atoms with Crippen LogP contribution in [0.4, 0.5) is 33.0 Å². The van der Waals surface area contributed by atoms with Crippen molar-refractivity contribution in [2.24, 2.45) is 5.92 Å². The number of thioether (sulfide) groups is 1. The number of rotatable bonds is 6. The van der Waals surface area contributed by atoms with Crippen LogP contribution in [0, 0.1) is 11.7 Å². The number of nitrogens with zero attached hydrogens (tertiary/aromatic N) is 5. The quantitative estimate of drug-likeness (QED) is 0.180. The molecule has 292 valence electrons. The Morgan fingerprint density at radius 2 is 1.62 bits per heavy atom. The van der Waals surface area contributed by atoms with Crippen molar-refractivity contribution in [3.8, 4) is 11.1 Å². The molecular formula is C40H43F4N5O5S. The summed E-state index contributed by atoms with van der Waals surface area (Å²) >= 11 is 1.24. The fraction of sp³-hybridized carbons (Fsp3) is 0.450. The van der Waals surface area contributed by atoms with E-state index in [9.17, 15) is 18.8 Å². The number of piperazine rings is 1. The van der Waals surface area contributed by atoms with E-state index in [1.165, 1.54) is 28.5 Å². The smallest absolute Gasteiger partial charge is 0.417 e. The van der Waals surface area contributed by atoms with E-state index in [0.717, 1.165) is 23.8 Å². The molecule has 0 bridgehead atoms. The molecule has 10 nitrogen and oxygen atoms in total. The molecule has 3 atom stereocenters. The number of carbonyl (C=O) groups excluding carboxylic acids is 2. The number of carbonyl (C=O) groups is 2. The fourth-order valence-corrected chi connectivity index (χ4v) is 9.03. The normalized spacial score (nSPS) is 20.4. The predicted molar refractivity (Wildman–Crippen MR) is 202 cm³/mol. The first kappa shape index (κ1) is 38.5. The minimum atomic E-state index is -4.80. The summed E-state index contributed by atoms with van der Waals surface area (Å²) in [6.07, 6.45) is -5.26. The first-order valence-corrected chi connectivity index (χ1v) is 19.3. The van der Waals surface area contributed by atoms with Crippen LogP contribution in [-0.4, -0.2) is 81.2 Å². The van der Waals surface area contributed by atoms with Gasteiger partial charge in [0.1, 0.15) is 23.8 Å². The molecule has 0 spiro atoms. The summed E-state index contributed by atoms with van der Waals surface area (Å²) in [7, 11) is 0. The molecule has 4 aromatic rings. The number of likely N-dealkylation sites (tertiary alicyclic amines) is 1. The number of hydrogen-bond donors (Lipinski definition) is 0. The van der Waals surface area contributed by atoms with Crippen LogP contribution in [0.3, 0.4) is 0 Å². The Bertz CT molecular complexity index is 2150. The average Bonchev–Trinajstić information content (AvgIpc) is 3.10. The molecule has 0 aliphatic carbocycles. The molecule has 0 saturated carbocycles. The van der Waals surface area contributed by atoms with Gasteiger partial charge in [-0.05, 0) is 76.3 Å². The third-order valence-electron chi connectivity index (χ3n) is 10.3. The first-order valence-electron chi connectivity index (χ1n) is 18.3. The van der Waals surface area contributed by atoms with Crippen molar-refractivity contribution in [2.45, 2.75) is 82.4 Å². The average molecular weight is 782 g/mol. The Balaban J connectivity index is 1.26. The summed E-state index contributed by atoms with van der Waals surface area (Å²) < 4.78 is 72.0. The van der Waals surface area contributed by atoms with Crippen molar-refractivity contribution in [1.29, 1.82) is 0 Å². The molecule has 2 unspecified atom stereocenters. The van der Waals surface area contributed by atoms with Crippen LogP contribution in [0.1, 0.15) is 58.2 Å². The lowest BCUT2D eigenvalue weighted by Crippen LogP contribution is -2.59. The summed E-state index contributed by atoms with van der Waals surface area (Å²) in [5, 5.41) is 0.162. The van der Waals surface area contributed by atoms with E-state index in [2.05, 4.69) is 4.98 Å². The molecule has 4 heterocycles. The van der Waals surface area contributed by atoms with E-state index in [4.69, 9.17) is 9.47 Å². The number of aromatic nitrogens is 2. The summed E-state index contributed by atoms with van der Waals surface area (Å²) in [5.41, 5.74) is -1.00. The molecule has 3 aromatic carbocycles. The lowest BCUT2D eigenvalue weighted by Gasteiger charge is -2.45. The topological polar surface area (TPSA) is 97.2 Å². The van der Waals surface area contributed by atoms with Crippen LogP contribution in [0.25, 0.3) is 22.0 Å². The van der Waals surface area contributed by atoms with Gasteiger partial charge in [0.15, 0.2) is 0 Å². The standard InChI is InChI=1S/C40H43F4N5O5S/c1-23-18-48(38(52)54-39(3,4)5)24(2)17-47(23)35-30-16-31(40(42,43)44)32(27-11-13-28(41)14-12-27)34-33(30)49(36(50)45-35)29(22-55-34)15-26-19-46(20-26)37(51)53-21-25-9-7-6-8-10-25/h6-14,16,23-24,26,29H,15,17-22H2,1-5H3/t23?,24?,29-/m0/s1. The molecule has 3 aliphatic heterocycles. The minimum Gasteiger partial charge on any atom is -0.445 e. The Hall–Kier alpha value is -4.79. The van der Waals surface area contributed by atoms with E-state index in [0.29, 0.717) is 25.0 Å². The van der Waals surface area contributed by atoms with Crippen LogP contribution in [0.2, 0.25) is 0 Å². The summed E-state index contributed by atoms with van der Waals surface area (Å²) in [5.74, 6) is -0.176. The highest BCUT2D eigenvalue weighted by atomic mass is 32.2. The van der Waals surface area contributed by atoms with Gasteiger partial charge >= 0.3 is 24.1 Å². The molecule has 3 aliphatic rings. The summed E-state index contributed by atoms with van der Waals surface area (Å²) in [6, 6.07) is 14.0. The molecule has 0 N–H and O–H groups in total. The van der Waals surface area contributed by atoms with Gasteiger partial charge in [-0.2, -0.15) is 18.2 Å². The molecule has 55 heavy (non-hydrogen) atoms. The van der Waals surface area contributed by atoms with Crippen LogP contribution < -0.4 is 10.6 Å². The minimum absolute atomic E-state index is 0.0193. The lowest BCUT2D eigenvalue weighted by atomic mass is 9.92. The van der Waals surface area contributed by atoms with Gasteiger partial charge < -0.3 is 24.2 Å². The molecule has 2 saturated heterocycles. The van der Waals surface area contributed by atoms with Crippen molar-refractivity contribution in [3.05, 3.63) is 88.1 Å². The molecule has 15 heteroatoms. The number of benzene rings is 3. The van der Waals surface area contributed by atoms with Gasteiger partial charge in [0.05, 0.1) is 11.1 Å². The number of ether oxygens (including phenoxy) is 2. The monoisotopic (exact) mass is 781 g/mol. The zero-order chi connectivity index (χ0) is 39.4. The lowest BCUT2D eigenvalue weighted by molar-refractivity contribution is -0.137. The van der Waals surface area contributed by atoms with Crippen molar-refractivity contribution in [1.82, 2.24) is 19.4 Å². The van der Waals surface area contributed by atoms with Gasteiger partial charge in [-0.3, -0.25) is 4.57 Å². The van der Waals surface area contributed by atoms with Gasteiger partial charge in [0.2, 0.25) is 0 Å². The van der Waals surface area contributed by atoms with Crippen LogP contribution >= 0.6 is 11.8 Å². The van der Waals surface area contributed by atoms with Gasteiger partial charge in [-0.1, -0.05) is 42.5 Å². The number of anilines is 1. The second-order valence-corrected chi connectivity index (χ2v) is 16.6. The second-order valence-electron chi connectivity index (χ2n) is 15.6. The number of amides is 2. The summed E-state index contributed by atoms with van der Waals surface area (Å²) in [6.45, 7) is 10.3. The number of alkyl halides is 3. The van der Waals surface area contributed by atoms with Gasteiger partial charge in [0.25, 0.3) is 0 Å². The van der Waals surface area contributed by atoms with Gasteiger partial charge in [-0.15, -0.1) is 11.8 Å². The van der Waals surface area contributed by atoms with Crippen LogP contribution in [0.15, 0.2) is 70.4 Å². The third kappa shape index (κ3) is 7.85. The maximum absolute atomic E-state index is 15.1. The highest BCUT2D eigenvalue weighted by Crippen LogP contribution is 2.51. The Morgan fingerprint density at radius 3 is 2.27 bits per heavy atom. The SMILES string of the molecule is CC1CN(c2nc(=O)n3c4c(c(-c5ccc(F)cc5)c(C(F)(F)F)cc24)SC[C@@H]3CC2CN(C(=O)OCc3ccccc3)C2)C(C)CN1C(=O)OC(C)(C)C. The second kappa shape index (κ2) is 14.7. The molecule has 2 fully saturated rings. The Kier molecular flexibility index (Phi) is 10.3. The van der Waals surface area contributed by atoms with Gasteiger partial charge in [0, 0.05) is 65.9 Å². The van der Waals surface area contributed by atoms with Crippen LogP contribution in [-0.2, 0) is 22.3 Å². The Labute approximate surface area is 320 Å². The molecule has 7 rings (SSSR count). The van der Waals surface area contributed by atoms with Crippen molar-refractivity contribution in [2.75, 3.05) is 36.8 Å². The van der Waals surface area contributed by atoms with E-state index in [1.807, 2.05) is 44.2 Å². The molecule has 2 amide bonds. The zero-order valence-corrected chi connectivity index (χ0v) is 32.0. The number of halogens is 4. The van der Waals surface area contributed by atoms with E-state index in [1.54, 1.807) is 35.5 Å². The zero-order valence-electron chi connectivity index (χ0n) is 31.2. The highest BCUT2D eigenvalue weighted by Gasteiger charge is 2.42. The first-order chi connectivity index (χ1) is 26.0. The molecular weight excluding hydrogens is 739 g/mol. The maximum atomic E-state index is 15.1. The largest absolute Gasteiger partial charge is 0.445 e. The Morgan fingerprint density at radius 1 is 0.927 bits per heavy atom. The fourth-order valence-electron chi connectivity index (χ4n) is 7.67.